The molecule has 0 aliphatic carbocycles. The van der Waals surface area contributed by atoms with E-state index in [1.54, 1.807) is 6.08 Å². The summed E-state index contributed by atoms with van der Waals surface area (Å²) < 4.78 is 12.6. The number of aryl methyl sites for hydroxylation is 1. The lowest BCUT2D eigenvalue weighted by Gasteiger charge is -2.15. The summed E-state index contributed by atoms with van der Waals surface area (Å²) in [6, 6.07) is 21.4. The fourth-order valence-corrected chi connectivity index (χ4v) is 3.87. The van der Waals surface area contributed by atoms with Gasteiger partial charge in [0.2, 0.25) is 0 Å². The van der Waals surface area contributed by atoms with Crippen LogP contribution >= 0.6 is 15.9 Å². The molecule has 4 rings (SSSR count). The average Bonchev–Trinajstić information content (AvgIpc) is 3.15. The van der Waals surface area contributed by atoms with Gasteiger partial charge >= 0.3 is 5.97 Å². The number of hydrogen-bond donors (Lipinski definition) is 0. The van der Waals surface area contributed by atoms with Crippen LogP contribution in [0.25, 0.3) is 6.08 Å². The Kier molecular flexibility index (Phi) is 6.71. The molecule has 0 fully saturated rings. The van der Waals surface area contributed by atoms with Gasteiger partial charge in [0.1, 0.15) is 12.3 Å². The van der Waals surface area contributed by atoms with Gasteiger partial charge in [-0.05, 0) is 59.1 Å². The van der Waals surface area contributed by atoms with Gasteiger partial charge in [-0.1, -0.05) is 65.3 Å². The predicted molar refractivity (Wildman–Crippen MR) is 128 cm³/mol. The molecule has 1 heterocycles. The number of hydrogen-bond acceptors (Lipinski definition) is 5. The molecule has 0 amide bonds. The summed E-state index contributed by atoms with van der Waals surface area (Å²) in [6.45, 7) is 4.86. The second kappa shape index (κ2) is 9.83. The Balaban J connectivity index is 1.64. The standard InChI is InChI=1S/C26H22BrNO4/c1-3-30-23-15-19(13-21-24(28-32-26(21)29)20-7-5-4-6-8-20)14-22(27)25(23)31-16-18-11-9-17(2)10-12-18/h4-15H,3,16H2,1-2H3/b21-13-. The fraction of sp³-hybridized carbons (Fsp3) is 0.154. The van der Waals surface area contributed by atoms with Crippen LogP contribution in [0.5, 0.6) is 11.5 Å². The summed E-state index contributed by atoms with van der Waals surface area (Å²) in [5.41, 5.74) is 4.73. The van der Waals surface area contributed by atoms with Gasteiger partial charge in [0.25, 0.3) is 0 Å². The van der Waals surface area contributed by atoms with E-state index in [2.05, 4.69) is 40.1 Å². The monoisotopic (exact) mass is 491 g/mol. The van der Waals surface area contributed by atoms with Gasteiger partial charge in [0, 0.05) is 5.56 Å². The molecule has 0 saturated heterocycles. The Hall–Kier alpha value is -3.38. The van der Waals surface area contributed by atoms with Crippen LogP contribution in [0.1, 0.15) is 29.2 Å². The van der Waals surface area contributed by atoms with Crippen LogP contribution in [0.2, 0.25) is 0 Å². The Morgan fingerprint density at radius 3 is 2.50 bits per heavy atom. The first-order valence-electron chi connectivity index (χ1n) is 10.3. The van der Waals surface area contributed by atoms with E-state index in [1.807, 2.05) is 61.5 Å². The molecular formula is C26H22BrNO4. The summed E-state index contributed by atoms with van der Waals surface area (Å²) in [5.74, 6) is 0.712. The van der Waals surface area contributed by atoms with Crippen LogP contribution in [0.3, 0.4) is 0 Å². The highest BCUT2D eigenvalue weighted by Gasteiger charge is 2.27. The fourth-order valence-electron chi connectivity index (χ4n) is 3.29. The molecular weight excluding hydrogens is 470 g/mol. The summed E-state index contributed by atoms with van der Waals surface area (Å²) in [7, 11) is 0. The Bertz CT molecular complexity index is 1180. The molecule has 5 nitrogen and oxygen atoms in total. The third-order valence-corrected chi connectivity index (χ3v) is 5.48. The van der Waals surface area contributed by atoms with E-state index in [4.69, 9.17) is 14.3 Å². The second-order valence-electron chi connectivity index (χ2n) is 7.28. The number of oxime groups is 1. The number of nitrogens with zero attached hydrogens (tertiary/aromatic N) is 1. The van der Waals surface area contributed by atoms with Crippen molar-refractivity contribution >= 4 is 33.7 Å². The van der Waals surface area contributed by atoms with E-state index in [1.165, 1.54) is 5.56 Å². The summed E-state index contributed by atoms with van der Waals surface area (Å²) in [4.78, 5) is 17.3. The molecule has 0 aromatic heterocycles. The van der Waals surface area contributed by atoms with E-state index >= 15 is 0 Å². The molecule has 3 aromatic rings. The quantitative estimate of drug-likeness (QED) is 0.296. The van der Waals surface area contributed by atoms with Crippen molar-refractivity contribution in [2.24, 2.45) is 5.16 Å². The zero-order valence-corrected chi connectivity index (χ0v) is 19.4. The van der Waals surface area contributed by atoms with Gasteiger partial charge in [-0.3, -0.25) is 0 Å². The number of carbonyl (C=O) groups is 1. The molecule has 0 unspecified atom stereocenters. The van der Waals surface area contributed by atoms with Crippen molar-refractivity contribution in [3.8, 4) is 11.5 Å². The maximum atomic E-state index is 12.3. The van der Waals surface area contributed by atoms with Gasteiger partial charge in [0.05, 0.1) is 16.7 Å². The predicted octanol–water partition coefficient (Wildman–Crippen LogP) is 6.08. The zero-order valence-electron chi connectivity index (χ0n) is 17.8. The van der Waals surface area contributed by atoms with E-state index in [0.717, 1.165) is 21.2 Å². The first-order valence-corrected chi connectivity index (χ1v) is 11.1. The average molecular weight is 492 g/mol. The van der Waals surface area contributed by atoms with Crippen molar-refractivity contribution in [1.29, 1.82) is 0 Å². The number of halogens is 1. The third-order valence-electron chi connectivity index (χ3n) is 4.89. The molecule has 0 spiro atoms. The molecule has 0 saturated carbocycles. The van der Waals surface area contributed by atoms with Crippen LogP contribution in [-0.2, 0) is 16.2 Å². The maximum Gasteiger partial charge on any atom is 0.368 e. The summed E-state index contributed by atoms with van der Waals surface area (Å²) >= 11 is 3.60. The van der Waals surface area contributed by atoms with Gasteiger partial charge in [-0.15, -0.1) is 0 Å². The van der Waals surface area contributed by atoms with Crippen molar-refractivity contribution in [2.75, 3.05) is 6.61 Å². The minimum absolute atomic E-state index is 0.388. The highest BCUT2D eigenvalue weighted by atomic mass is 79.9. The van der Waals surface area contributed by atoms with Crippen LogP contribution in [0.4, 0.5) is 0 Å². The van der Waals surface area contributed by atoms with E-state index < -0.39 is 5.97 Å². The number of ether oxygens (including phenoxy) is 2. The molecule has 0 N–H and O–H groups in total. The van der Waals surface area contributed by atoms with Crippen molar-refractivity contribution < 1.29 is 19.1 Å². The van der Waals surface area contributed by atoms with Crippen molar-refractivity contribution in [3.05, 3.63) is 99.0 Å². The number of rotatable bonds is 7. The second-order valence-corrected chi connectivity index (χ2v) is 8.13. The van der Waals surface area contributed by atoms with Gasteiger partial charge in [-0.2, -0.15) is 0 Å². The molecule has 162 valence electrons. The van der Waals surface area contributed by atoms with E-state index in [-0.39, 0.29) is 0 Å². The molecule has 32 heavy (non-hydrogen) atoms. The highest BCUT2D eigenvalue weighted by molar-refractivity contribution is 9.10. The minimum atomic E-state index is -0.488. The minimum Gasteiger partial charge on any atom is -0.490 e. The Morgan fingerprint density at radius 2 is 1.78 bits per heavy atom. The Morgan fingerprint density at radius 1 is 1.03 bits per heavy atom. The van der Waals surface area contributed by atoms with Gasteiger partial charge in [0.15, 0.2) is 11.5 Å². The van der Waals surface area contributed by atoms with Crippen molar-refractivity contribution in [3.63, 3.8) is 0 Å². The van der Waals surface area contributed by atoms with Crippen molar-refractivity contribution in [2.45, 2.75) is 20.5 Å². The lowest BCUT2D eigenvalue weighted by Crippen LogP contribution is -2.07. The zero-order chi connectivity index (χ0) is 22.5. The number of carbonyl (C=O) groups excluding carboxylic acids is 1. The maximum absolute atomic E-state index is 12.3. The van der Waals surface area contributed by atoms with Crippen LogP contribution in [-0.4, -0.2) is 18.3 Å². The van der Waals surface area contributed by atoms with Gasteiger partial charge in [-0.25, -0.2) is 4.79 Å². The number of benzene rings is 3. The first-order chi connectivity index (χ1) is 15.5. The first kappa shape index (κ1) is 21.8. The SMILES string of the molecule is CCOc1cc(/C=C2\C(=O)ON=C2c2ccccc2)cc(Br)c1OCc1ccc(C)cc1. The normalized spacial score (nSPS) is 14.3. The summed E-state index contributed by atoms with van der Waals surface area (Å²) in [5, 5.41) is 3.96. The molecule has 0 atom stereocenters. The Labute approximate surface area is 195 Å². The van der Waals surface area contributed by atoms with Gasteiger partial charge < -0.3 is 14.3 Å². The smallest absolute Gasteiger partial charge is 0.368 e. The van der Waals surface area contributed by atoms with E-state index in [0.29, 0.717) is 36.0 Å². The lowest BCUT2D eigenvalue weighted by atomic mass is 10.0. The molecule has 1 aliphatic rings. The largest absolute Gasteiger partial charge is 0.490 e. The summed E-state index contributed by atoms with van der Waals surface area (Å²) in [6.07, 6.45) is 1.75. The highest BCUT2D eigenvalue weighted by Crippen LogP contribution is 2.38. The molecule has 1 aliphatic heterocycles. The third kappa shape index (κ3) is 4.92. The molecule has 0 radical (unpaired) electrons. The lowest BCUT2D eigenvalue weighted by molar-refractivity contribution is -0.136. The molecule has 0 bridgehead atoms. The topological polar surface area (TPSA) is 57.1 Å². The molecule has 6 heteroatoms. The molecule has 3 aromatic carbocycles. The van der Waals surface area contributed by atoms with Crippen LogP contribution in [0, 0.1) is 6.92 Å². The van der Waals surface area contributed by atoms with Crippen molar-refractivity contribution in [1.82, 2.24) is 0 Å². The van der Waals surface area contributed by atoms with Crippen LogP contribution < -0.4 is 9.47 Å². The van der Waals surface area contributed by atoms with Crippen LogP contribution in [0.15, 0.2) is 81.9 Å². The van der Waals surface area contributed by atoms with E-state index in [9.17, 15) is 4.79 Å².